The molecule has 0 aliphatic carbocycles. The van der Waals surface area contributed by atoms with Gasteiger partial charge in [-0.2, -0.15) is 4.68 Å². The number of tetrazole rings is 1. The minimum atomic E-state index is -0.346. The van der Waals surface area contributed by atoms with E-state index in [0.29, 0.717) is 27.7 Å². The molecule has 2 aromatic carbocycles. The Morgan fingerprint density at radius 2 is 1.54 bits per heavy atom. The van der Waals surface area contributed by atoms with Gasteiger partial charge in [-0.05, 0) is 46.8 Å². The molecule has 0 atom stereocenters. The maximum Gasteiger partial charge on any atom is 0.261 e. The van der Waals surface area contributed by atoms with Gasteiger partial charge in [0, 0.05) is 5.02 Å². The number of benzene rings is 2. The van der Waals surface area contributed by atoms with Crippen molar-refractivity contribution in [2.24, 2.45) is 0 Å². The molecular weight excluding hydrogens is 330 g/mol. The Balaban J connectivity index is 1.66. The molecule has 7 nitrogen and oxygen atoms in total. The van der Waals surface area contributed by atoms with Gasteiger partial charge in [0.15, 0.2) is 5.82 Å². The quantitative estimate of drug-likeness (QED) is 0.683. The highest BCUT2D eigenvalue weighted by molar-refractivity contribution is 6.30. The van der Waals surface area contributed by atoms with Crippen LogP contribution in [0.3, 0.4) is 0 Å². The summed E-state index contributed by atoms with van der Waals surface area (Å²) in [6.45, 7) is -0.0119. The van der Waals surface area contributed by atoms with Gasteiger partial charge < -0.3 is 0 Å². The van der Waals surface area contributed by atoms with Crippen molar-refractivity contribution >= 4 is 23.4 Å². The van der Waals surface area contributed by atoms with Crippen molar-refractivity contribution in [2.45, 2.75) is 6.54 Å². The fourth-order valence-electron chi connectivity index (χ4n) is 2.61. The van der Waals surface area contributed by atoms with Crippen molar-refractivity contribution < 1.29 is 9.59 Å². The number of carbonyl (C=O) groups is 2. The molecule has 0 saturated carbocycles. The summed E-state index contributed by atoms with van der Waals surface area (Å²) in [6, 6.07) is 13.7. The van der Waals surface area contributed by atoms with Gasteiger partial charge in [-0.25, -0.2) is 0 Å². The smallest absolute Gasteiger partial charge is 0.261 e. The summed E-state index contributed by atoms with van der Waals surface area (Å²) < 4.78 is 1.47. The van der Waals surface area contributed by atoms with Crippen molar-refractivity contribution in [2.75, 3.05) is 0 Å². The van der Waals surface area contributed by atoms with Crippen LogP contribution >= 0.6 is 11.6 Å². The monoisotopic (exact) mass is 339 g/mol. The van der Waals surface area contributed by atoms with Crippen LogP contribution in [-0.2, 0) is 6.54 Å². The number of carbonyl (C=O) groups excluding carboxylic acids is 2. The first-order chi connectivity index (χ1) is 11.6. The van der Waals surface area contributed by atoms with E-state index in [-0.39, 0.29) is 18.4 Å². The van der Waals surface area contributed by atoms with Gasteiger partial charge in [-0.3, -0.25) is 14.5 Å². The largest absolute Gasteiger partial charge is 0.269 e. The molecule has 2 heterocycles. The number of hydrogen-bond donors (Lipinski definition) is 0. The third-order valence-electron chi connectivity index (χ3n) is 3.78. The molecule has 0 unspecified atom stereocenters. The summed E-state index contributed by atoms with van der Waals surface area (Å²) in [5, 5.41) is 12.1. The molecule has 1 aromatic heterocycles. The van der Waals surface area contributed by atoms with Gasteiger partial charge in [0.05, 0.1) is 23.4 Å². The van der Waals surface area contributed by atoms with E-state index in [0.717, 1.165) is 4.90 Å². The van der Waals surface area contributed by atoms with Crippen molar-refractivity contribution in [1.82, 2.24) is 25.1 Å². The Kier molecular flexibility index (Phi) is 3.35. The molecule has 0 N–H and O–H groups in total. The molecule has 0 fully saturated rings. The van der Waals surface area contributed by atoms with Crippen molar-refractivity contribution in [3.63, 3.8) is 0 Å². The summed E-state index contributed by atoms with van der Waals surface area (Å²) in [7, 11) is 0. The SMILES string of the molecule is O=C1c2ccccc2C(=O)N1Cc1nnnn1-c1ccc(Cl)cc1. The summed E-state index contributed by atoms with van der Waals surface area (Å²) >= 11 is 5.88. The van der Waals surface area contributed by atoms with E-state index in [4.69, 9.17) is 11.6 Å². The van der Waals surface area contributed by atoms with Crippen molar-refractivity contribution in [3.8, 4) is 5.69 Å². The Morgan fingerprint density at radius 3 is 2.17 bits per heavy atom. The minimum Gasteiger partial charge on any atom is -0.269 e. The van der Waals surface area contributed by atoms with Crippen LogP contribution in [-0.4, -0.2) is 36.9 Å². The highest BCUT2D eigenvalue weighted by Crippen LogP contribution is 2.24. The van der Waals surface area contributed by atoms with E-state index in [1.807, 2.05) is 0 Å². The van der Waals surface area contributed by atoms with E-state index < -0.39 is 0 Å². The number of amides is 2. The Bertz CT molecular complexity index is 916. The van der Waals surface area contributed by atoms with Gasteiger partial charge in [0.25, 0.3) is 11.8 Å². The Hall–Kier alpha value is -3.06. The molecule has 2 amide bonds. The van der Waals surface area contributed by atoms with Crippen LogP contribution in [0.25, 0.3) is 5.69 Å². The lowest BCUT2D eigenvalue weighted by molar-refractivity contribution is 0.0637. The van der Waals surface area contributed by atoms with Gasteiger partial charge >= 0.3 is 0 Å². The standard InChI is InChI=1S/C16H10ClN5O2/c17-10-5-7-11(8-6-10)22-14(18-19-20-22)9-21-15(23)12-3-1-2-4-13(12)16(21)24/h1-8H,9H2. The summed E-state index contributed by atoms with van der Waals surface area (Å²) in [4.78, 5) is 26.0. The van der Waals surface area contributed by atoms with Gasteiger partial charge in [-0.1, -0.05) is 23.7 Å². The molecule has 0 saturated heterocycles. The second-order valence-corrected chi connectivity index (χ2v) is 5.66. The Morgan fingerprint density at radius 1 is 0.917 bits per heavy atom. The number of halogens is 1. The predicted molar refractivity (Wildman–Crippen MR) is 84.8 cm³/mol. The first-order valence-electron chi connectivity index (χ1n) is 7.13. The minimum absolute atomic E-state index is 0.0119. The summed E-state index contributed by atoms with van der Waals surface area (Å²) in [5.74, 6) is -0.311. The predicted octanol–water partition coefficient (Wildman–Crippen LogP) is 2.11. The lowest BCUT2D eigenvalue weighted by atomic mass is 10.1. The molecule has 1 aliphatic heterocycles. The van der Waals surface area contributed by atoms with Crippen LogP contribution in [0.4, 0.5) is 0 Å². The normalized spacial score (nSPS) is 13.5. The highest BCUT2D eigenvalue weighted by atomic mass is 35.5. The maximum absolute atomic E-state index is 12.4. The first kappa shape index (κ1) is 14.5. The van der Waals surface area contributed by atoms with E-state index in [1.54, 1.807) is 48.5 Å². The van der Waals surface area contributed by atoms with Crippen LogP contribution in [0.5, 0.6) is 0 Å². The van der Waals surface area contributed by atoms with Crippen molar-refractivity contribution in [1.29, 1.82) is 0 Å². The second-order valence-electron chi connectivity index (χ2n) is 5.23. The van der Waals surface area contributed by atoms with E-state index in [2.05, 4.69) is 15.5 Å². The number of aromatic nitrogens is 4. The number of rotatable bonds is 3. The molecule has 24 heavy (non-hydrogen) atoms. The Labute approximate surface area is 141 Å². The first-order valence-corrected chi connectivity index (χ1v) is 7.51. The zero-order chi connectivity index (χ0) is 16.7. The van der Waals surface area contributed by atoms with Crippen LogP contribution in [0.2, 0.25) is 5.02 Å². The highest BCUT2D eigenvalue weighted by Gasteiger charge is 2.36. The number of imide groups is 1. The molecule has 0 radical (unpaired) electrons. The fraction of sp³-hybridized carbons (Fsp3) is 0.0625. The number of hydrogen-bond acceptors (Lipinski definition) is 5. The third kappa shape index (κ3) is 2.26. The van der Waals surface area contributed by atoms with Crippen LogP contribution in [0.15, 0.2) is 48.5 Å². The molecule has 0 spiro atoms. The lowest BCUT2D eigenvalue weighted by Crippen LogP contribution is -2.30. The second kappa shape index (κ2) is 5.54. The molecule has 118 valence electrons. The van der Waals surface area contributed by atoms with Gasteiger partial charge in [-0.15, -0.1) is 5.10 Å². The number of nitrogens with zero attached hydrogens (tertiary/aromatic N) is 5. The van der Waals surface area contributed by atoms with Gasteiger partial charge in [0.1, 0.15) is 0 Å². The maximum atomic E-state index is 12.4. The molecule has 4 rings (SSSR count). The summed E-state index contributed by atoms with van der Waals surface area (Å²) in [5.41, 5.74) is 1.48. The molecule has 1 aliphatic rings. The van der Waals surface area contributed by atoms with Gasteiger partial charge in [0.2, 0.25) is 0 Å². The summed E-state index contributed by atoms with van der Waals surface area (Å²) in [6.07, 6.45) is 0. The van der Waals surface area contributed by atoms with Crippen molar-refractivity contribution in [3.05, 3.63) is 70.5 Å². The zero-order valence-electron chi connectivity index (χ0n) is 12.3. The number of fused-ring (bicyclic) bond motifs is 1. The average Bonchev–Trinajstić information content (AvgIpc) is 3.15. The zero-order valence-corrected chi connectivity index (χ0v) is 13.0. The van der Waals surface area contributed by atoms with Crippen LogP contribution < -0.4 is 0 Å². The topological polar surface area (TPSA) is 81.0 Å². The average molecular weight is 340 g/mol. The van der Waals surface area contributed by atoms with Crippen LogP contribution in [0.1, 0.15) is 26.5 Å². The molecule has 3 aromatic rings. The molecular formula is C16H10ClN5O2. The molecule has 0 bridgehead atoms. The van der Waals surface area contributed by atoms with E-state index >= 15 is 0 Å². The van der Waals surface area contributed by atoms with Crippen LogP contribution in [0, 0.1) is 0 Å². The third-order valence-corrected chi connectivity index (χ3v) is 4.03. The van der Waals surface area contributed by atoms with E-state index in [1.165, 1.54) is 4.68 Å². The fourth-order valence-corrected chi connectivity index (χ4v) is 2.74. The van der Waals surface area contributed by atoms with E-state index in [9.17, 15) is 9.59 Å². The molecule has 8 heteroatoms. The lowest BCUT2D eigenvalue weighted by Gasteiger charge is -2.13.